The number of aryl methyl sites for hydroxylation is 1. The van der Waals surface area contributed by atoms with E-state index in [1.165, 1.54) is 12.1 Å². The number of carbonyl (C=O) groups is 2. The molecule has 0 aromatic heterocycles. The van der Waals surface area contributed by atoms with E-state index in [9.17, 15) is 14.0 Å². The average Bonchev–Trinajstić information content (AvgIpc) is 2.53. The summed E-state index contributed by atoms with van der Waals surface area (Å²) in [5, 5.41) is 14.1. The standard InChI is InChI=1S/C17H17FN2O3/c1-11-5-6-14(18)7-13(11)9-20-17(23)12-3-2-4-15(8-12)19-10-16(21)22/h2-8,19H,9-10H2,1H3,(H,20,23)(H,21,22). The Bertz CT molecular complexity index is 732. The first-order chi connectivity index (χ1) is 11.0. The lowest BCUT2D eigenvalue weighted by Gasteiger charge is -2.10. The second-order valence-electron chi connectivity index (χ2n) is 5.08. The number of hydrogen-bond donors (Lipinski definition) is 3. The Morgan fingerprint density at radius 3 is 2.70 bits per heavy atom. The summed E-state index contributed by atoms with van der Waals surface area (Å²) in [6.07, 6.45) is 0. The molecule has 5 nitrogen and oxygen atoms in total. The molecule has 0 bridgehead atoms. The van der Waals surface area contributed by atoms with E-state index in [-0.39, 0.29) is 24.8 Å². The SMILES string of the molecule is Cc1ccc(F)cc1CNC(=O)c1cccc(NCC(=O)O)c1. The van der Waals surface area contributed by atoms with Crippen molar-refractivity contribution in [2.75, 3.05) is 11.9 Å². The predicted molar refractivity (Wildman–Crippen MR) is 84.9 cm³/mol. The number of carboxylic acid groups (broad SMARTS) is 1. The van der Waals surface area contributed by atoms with Crippen molar-refractivity contribution >= 4 is 17.6 Å². The van der Waals surface area contributed by atoms with Crippen molar-refractivity contribution < 1.29 is 19.1 Å². The molecule has 0 radical (unpaired) electrons. The summed E-state index contributed by atoms with van der Waals surface area (Å²) < 4.78 is 13.2. The lowest BCUT2D eigenvalue weighted by atomic mass is 10.1. The maximum Gasteiger partial charge on any atom is 0.322 e. The van der Waals surface area contributed by atoms with Crippen LogP contribution in [0.15, 0.2) is 42.5 Å². The van der Waals surface area contributed by atoms with Crippen LogP contribution in [0.2, 0.25) is 0 Å². The molecule has 0 spiro atoms. The van der Waals surface area contributed by atoms with Gasteiger partial charge in [-0.15, -0.1) is 0 Å². The summed E-state index contributed by atoms with van der Waals surface area (Å²) >= 11 is 0. The Labute approximate surface area is 133 Å². The molecular weight excluding hydrogens is 299 g/mol. The molecule has 2 aromatic rings. The summed E-state index contributed by atoms with van der Waals surface area (Å²) in [5.74, 6) is -1.64. The quantitative estimate of drug-likeness (QED) is 0.765. The van der Waals surface area contributed by atoms with Crippen LogP contribution in [-0.2, 0) is 11.3 Å². The number of aliphatic carboxylic acids is 1. The number of amides is 1. The summed E-state index contributed by atoms with van der Waals surface area (Å²) in [4.78, 5) is 22.7. The highest BCUT2D eigenvalue weighted by Gasteiger charge is 2.08. The lowest BCUT2D eigenvalue weighted by molar-refractivity contribution is -0.134. The first-order valence-corrected chi connectivity index (χ1v) is 7.04. The van der Waals surface area contributed by atoms with Gasteiger partial charge < -0.3 is 15.7 Å². The van der Waals surface area contributed by atoms with Crippen LogP contribution < -0.4 is 10.6 Å². The van der Waals surface area contributed by atoms with Crippen LogP contribution >= 0.6 is 0 Å². The van der Waals surface area contributed by atoms with Gasteiger partial charge in [0.2, 0.25) is 0 Å². The minimum Gasteiger partial charge on any atom is -0.480 e. The molecule has 1 amide bonds. The van der Waals surface area contributed by atoms with Crippen LogP contribution in [0.1, 0.15) is 21.5 Å². The third-order valence-corrected chi connectivity index (χ3v) is 3.32. The Balaban J connectivity index is 2.01. The maximum atomic E-state index is 13.2. The second-order valence-corrected chi connectivity index (χ2v) is 5.08. The van der Waals surface area contributed by atoms with Crippen molar-refractivity contribution in [3.05, 3.63) is 65.0 Å². The van der Waals surface area contributed by atoms with Gasteiger partial charge in [-0.2, -0.15) is 0 Å². The summed E-state index contributed by atoms with van der Waals surface area (Å²) in [6.45, 7) is 1.83. The molecule has 3 N–H and O–H groups in total. The number of carboxylic acids is 1. The van der Waals surface area contributed by atoms with E-state index in [0.717, 1.165) is 5.56 Å². The van der Waals surface area contributed by atoms with Gasteiger partial charge in [0, 0.05) is 17.8 Å². The van der Waals surface area contributed by atoms with E-state index in [0.29, 0.717) is 16.8 Å². The molecule has 0 unspecified atom stereocenters. The first kappa shape index (κ1) is 16.5. The zero-order chi connectivity index (χ0) is 16.8. The highest BCUT2D eigenvalue weighted by molar-refractivity contribution is 5.95. The van der Waals surface area contributed by atoms with Crippen molar-refractivity contribution in [3.8, 4) is 0 Å². The highest BCUT2D eigenvalue weighted by atomic mass is 19.1. The van der Waals surface area contributed by atoms with E-state index in [1.807, 2.05) is 6.92 Å². The van der Waals surface area contributed by atoms with Gasteiger partial charge in [-0.1, -0.05) is 12.1 Å². The van der Waals surface area contributed by atoms with E-state index >= 15 is 0 Å². The van der Waals surface area contributed by atoms with Crippen molar-refractivity contribution in [3.63, 3.8) is 0 Å². The Morgan fingerprint density at radius 2 is 1.96 bits per heavy atom. The molecule has 6 heteroatoms. The molecule has 0 aliphatic carbocycles. The van der Waals surface area contributed by atoms with Crippen LogP contribution in [0, 0.1) is 12.7 Å². The number of hydrogen-bond acceptors (Lipinski definition) is 3. The smallest absolute Gasteiger partial charge is 0.322 e. The van der Waals surface area contributed by atoms with E-state index < -0.39 is 5.97 Å². The Kier molecular flexibility index (Phi) is 5.30. The zero-order valence-corrected chi connectivity index (χ0v) is 12.6. The van der Waals surface area contributed by atoms with Gasteiger partial charge in [0.05, 0.1) is 0 Å². The van der Waals surface area contributed by atoms with Gasteiger partial charge in [-0.05, 0) is 48.4 Å². The summed E-state index contributed by atoms with van der Waals surface area (Å²) in [6, 6.07) is 10.9. The van der Waals surface area contributed by atoms with Crippen molar-refractivity contribution in [2.24, 2.45) is 0 Å². The van der Waals surface area contributed by atoms with Crippen molar-refractivity contribution in [1.82, 2.24) is 5.32 Å². The van der Waals surface area contributed by atoms with Crippen molar-refractivity contribution in [2.45, 2.75) is 13.5 Å². The number of anilines is 1. The molecular formula is C17H17FN2O3. The number of benzene rings is 2. The minimum atomic E-state index is -0.985. The number of rotatable bonds is 6. The molecule has 2 rings (SSSR count). The monoisotopic (exact) mass is 316 g/mol. The second kappa shape index (κ2) is 7.40. The highest BCUT2D eigenvalue weighted by Crippen LogP contribution is 2.12. The van der Waals surface area contributed by atoms with E-state index in [2.05, 4.69) is 10.6 Å². The summed E-state index contributed by atoms with van der Waals surface area (Å²) in [7, 11) is 0. The van der Waals surface area contributed by atoms with Gasteiger partial charge in [-0.25, -0.2) is 4.39 Å². The van der Waals surface area contributed by atoms with Crippen LogP contribution in [0.25, 0.3) is 0 Å². The molecule has 120 valence electrons. The first-order valence-electron chi connectivity index (χ1n) is 7.04. The van der Waals surface area contributed by atoms with Crippen LogP contribution in [0.4, 0.5) is 10.1 Å². The molecule has 23 heavy (non-hydrogen) atoms. The van der Waals surface area contributed by atoms with E-state index in [1.54, 1.807) is 30.3 Å². The summed E-state index contributed by atoms with van der Waals surface area (Å²) in [5.41, 5.74) is 2.54. The molecule has 0 saturated heterocycles. The van der Waals surface area contributed by atoms with Crippen LogP contribution in [0.5, 0.6) is 0 Å². The zero-order valence-electron chi connectivity index (χ0n) is 12.6. The third-order valence-electron chi connectivity index (χ3n) is 3.32. The molecule has 0 heterocycles. The fourth-order valence-electron chi connectivity index (χ4n) is 2.06. The van der Waals surface area contributed by atoms with Gasteiger partial charge in [0.1, 0.15) is 12.4 Å². The van der Waals surface area contributed by atoms with Gasteiger partial charge in [0.25, 0.3) is 5.91 Å². The molecule has 0 fully saturated rings. The van der Waals surface area contributed by atoms with E-state index in [4.69, 9.17) is 5.11 Å². The van der Waals surface area contributed by atoms with Crippen LogP contribution in [0.3, 0.4) is 0 Å². The Hall–Kier alpha value is -2.89. The number of carbonyl (C=O) groups excluding carboxylic acids is 1. The largest absolute Gasteiger partial charge is 0.480 e. The normalized spacial score (nSPS) is 10.2. The molecule has 0 aliphatic heterocycles. The molecule has 0 atom stereocenters. The van der Waals surface area contributed by atoms with Crippen LogP contribution in [-0.4, -0.2) is 23.5 Å². The minimum absolute atomic E-state index is 0.217. The van der Waals surface area contributed by atoms with Crippen molar-refractivity contribution in [1.29, 1.82) is 0 Å². The molecule has 2 aromatic carbocycles. The fourth-order valence-corrected chi connectivity index (χ4v) is 2.06. The lowest BCUT2D eigenvalue weighted by Crippen LogP contribution is -2.23. The Morgan fingerprint density at radius 1 is 1.17 bits per heavy atom. The predicted octanol–water partition coefficient (Wildman–Crippen LogP) is 2.56. The maximum absolute atomic E-state index is 13.2. The topological polar surface area (TPSA) is 78.4 Å². The fraction of sp³-hybridized carbons (Fsp3) is 0.176. The number of halogens is 1. The van der Waals surface area contributed by atoms with Gasteiger partial charge in [0.15, 0.2) is 0 Å². The average molecular weight is 316 g/mol. The number of nitrogens with one attached hydrogen (secondary N) is 2. The molecule has 0 saturated carbocycles. The van der Waals surface area contributed by atoms with Gasteiger partial charge >= 0.3 is 5.97 Å². The van der Waals surface area contributed by atoms with Gasteiger partial charge in [-0.3, -0.25) is 9.59 Å². The molecule has 0 aliphatic rings. The third kappa shape index (κ3) is 4.81.